The fraction of sp³-hybridized carbons (Fsp3) is 0.895. The molecule has 144 valence electrons. The van der Waals surface area contributed by atoms with E-state index in [4.69, 9.17) is 4.74 Å². The van der Waals surface area contributed by atoms with Crippen LogP contribution in [-0.4, -0.2) is 73.6 Å². The predicted octanol–water partition coefficient (Wildman–Crippen LogP) is 1.50. The Balaban J connectivity index is 1.72. The average molecular weight is 354 g/mol. The fourth-order valence-electron chi connectivity index (χ4n) is 3.63. The maximum Gasteiger partial charge on any atom is 0.236 e. The van der Waals surface area contributed by atoms with Crippen molar-refractivity contribution in [3.8, 4) is 0 Å². The minimum atomic E-state index is 0.108. The molecule has 25 heavy (non-hydrogen) atoms. The van der Waals surface area contributed by atoms with Crippen LogP contribution in [0.25, 0.3) is 0 Å². The molecule has 2 rings (SSSR count). The van der Waals surface area contributed by atoms with Crippen LogP contribution in [0.3, 0.4) is 0 Å². The predicted molar refractivity (Wildman–Crippen MR) is 98.2 cm³/mol. The van der Waals surface area contributed by atoms with Gasteiger partial charge in [0.25, 0.3) is 0 Å². The van der Waals surface area contributed by atoms with E-state index >= 15 is 0 Å². The van der Waals surface area contributed by atoms with Gasteiger partial charge in [0.1, 0.15) is 0 Å². The molecule has 2 fully saturated rings. The number of nitrogens with one attached hydrogen (secondary N) is 1. The number of amides is 2. The number of carbonyl (C=O) groups is 2. The minimum Gasteiger partial charge on any atom is -0.380 e. The van der Waals surface area contributed by atoms with Gasteiger partial charge in [-0.25, -0.2) is 0 Å². The van der Waals surface area contributed by atoms with Gasteiger partial charge in [0.15, 0.2) is 0 Å². The van der Waals surface area contributed by atoms with E-state index in [-0.39, 0.29) is 17.9 Å². The Morgan fingerprint density at radius 3 is 2.28 bits per heavy atom. The largest absolute Gasteiger partial charge is 0.380 e. The van der Waals surface area contributed by atoms with Gasteiger partial charge in [-0.3, -0.25) is 9.59 Å². The number of carbonyl (C=O) groups excluding carboxylic acids is 2. The monoisotopic (exact) mass is 353 g/mol. The van der Waals surface area contributed by atoms with Gasteiger partial charge in [-0.05, 0) is 38.5 Å². The second kappa shape index (κ2) is 10.1. The van der Waals surface area contributed by atoms with E-state index in [0.717, 1.165) is 38.8 Å². The van der Waals surface area contributed by atoms with Gasteiger partial charge in [0.05, 0.1) is 13.2 Å². The van der Waals surface area contributed by atoms with Crippen molar-refractivity contribution in [1.29, 1.82) is 0 Å². The second-order valence-corrected chi connectivity index (χ2v) is 7.58. The number of ether oxygens (including phenoxy) is 1. The van der Waals surface area contributed by atoms with Crippen LogP contribution < -0.4 is 5.32 Å². The lowest BCUT2D eigenvalue weighted by Crippen LogP contribution is -2.48. The van der Waals surface area contributed by atoms with Crippen LogP contribution in [0.5, 0.6) is 0 Å². The van der Waals surface area contributed by atoms with Crippen molar-refractivity contribution in [2.75, 3.05) is 45.9 Å². The summed E-state index contributed by atoms with van der Waals surface area (Å²) in [5.41, 5.74) is 0. The minimum absolute atomic E-state index is 0.108. The van der Waals surface area contributed by atoms with E-state index in [9.17, 15) is 9.59 Å². The fourth-order valence-corrected chi connectivity index (χ4v) is 3.63. The summed E-state index contributed by atoms with van der Waals surface area (Å²) in [6, 6.07) is 0.193. The molecule has 6 nitrogen and oxygen atoms in total. The highest BCUT2D eigenvalue weighted by Gasteiger charge is 2.31. The molecule has 6 heteroatoms. The molecule has 1 atom stereocenters. The van der Waals surface area contributed by atoms with Crippen LogP contribution >= 0.6 is 0 Å². The maximum absolute atomic E-state index is 12.5. The van der Waals surface area contributed by atoms with Gasteiger partial charge in [0, 0.05) is 44.7 Å². The highest BCUT2D eigenvalue weighted by atomic mass is 16.5. The molecule has 2 aliphatic rings. The van der Waals surface area contributed by atoms with E-state index in [2.05, 4.69) is 19.2 Å². The van der Waals surface area contributed by atoms with Crippen molar-refractivity contribution >= 4 is 11.8 Å². The number of rotatable bonds is 8. The molecular weight excluding hydrogens is 318 g/mol. The molecule has 0 bridgehead atoms. The van der Waals surface area contributed by atoms with Crippen LogP contribution in [0.2, 0.25) is 0 Å². The molecular formula is C19H35N3O3. The zero-order valence-electron chi connectivity index (χ0n) is 16.1. The zero-order chi connectivity index (χ0) is 18.2. The summed E-state index contributed by atoms with van der Waals surface area (Å²) in [6.45, 7) is 11.1. The lowest BCUT2D eigenvalue weighted by molar-refractivity contribution is -0.139. The molecule has 1 N–H and O–H groups in total. The Hall–Kier alpha value is -1.14. The number of likely N-dealkylation sites (tertiary alicyclic amines) is 2. The number of nitrogens with zero attached hydrogens (tertiary/aromatic N) is 2. The Labute approximate surface area is 152 Å². The zero-order valence-corrected chi connectivity index (χ0v) is 16.1. The summed E-state index contributed by atoms with van der Waals surface area (Å²) in [7, 11) is 0. The third-order valence-corrected chi connectivity index (χ3v) is 5.44. The Morgan fingerprint density at radius 2 is 1.72 bits per heavy atom. The van der Waals surface area contributed by atoms with Crippen molar-refractivity contribution in [2.45, 2.75) is 52.5 Å². The SMILES string of the molecule is CCOCC(NCC(=O)N1CCC(C(=O)N2CCCC2)CC1)C(C)C. The molecule has 2 aliphatic heterocycles. The molecule has 2 heterocycles. The number of hydrogen-bond acceptors (Lipinski definition) is 4. The van der Waals surface area contributed by atoms with Crippen LogP contribution in [0.1, 0.15) is 46.5 Å². The summed E-state index contributed by atoms with van der Waals surface area (Å²) < 4.78 is 5.49. The van der Waals surface area contributed by atoms with Crippen LogP contribution in [0, 0.1) is 11.8 Å². The second-order valence-electron chi connectivity index (χ2n) is 7.58. The number of piperidine rings is 1. The Kier molecular flexibility index (Phi) is 8.16. The number of hydrogen-bond donors (Lipinski definition) is 1. The highest BCUT2D eigenvalue weighted by molar-refractivity contribution is 5.81. The molecule has 0 aromatic heterocycles. The topological polar surface area (TPSA) is 61.9 Å². The molecule has 2 saturated heterocycles. The smallest absolute Gasteiger partial charge is 0.236 e. The molecule has 0 aromatic rings. The van der Waals surface area contributed by atoms with Crippen molar-refractivity contribution in [3.63, 3.8) is 0 Å². The van der Waals surface area contributed by atoms with Crippen molar-refractivity contribution in [2.24, 2.45) is 11.8 Å². The Morgan fingerprint density at radius 1 is 1.08 bits per heavy atom. The summed E-state index contributed by atoms with van der Waals surface area (Å²) in [6.07, 6.45) is 3.86. The van der Waals surface area contributed by atoms with Crippen LogP contribution in [-0.2, 0) is 14.3 Å². The third-order valence-electron chi connectivity index (χ3n) is 5.44. The van der Waals surface area contributed by atoms with Gasteiger partial charge in [-0.2, -0.15) is 0 Å². The van der Waals surface area contributed by atoms with E-state index in [1.807, 2.05) is 16.7 Å². The average Bonchev–Trinajstić information content (AvgIpc) is 3.15. The summed E-state index contributed by atoms with van der Waals surface area (Å²) in [4.78, 5) is 28.8. The molecule has 0 aliphatic carbocycles. The standard InChI is InChI=1S/C19H35N3O3/c1-4-25-14-17(15(2)3)20-13-18(23)21-11-7-16(8-12-21)19(24)22-9-5-6-10-22/h15-17,20H,4-14H2,1-3H3. The van der Waals surface area contributed by atoms with Gasteiger partial charge < -0.3 is 19.9 Å². The summed E-state index contributed by atoms with van der Waals surface area (Å²) in [5, 5.41) is 3.34. The first-order valence-corrected chi connectivity index (χ1v) is 9.90. The van der Waals surface area contributed by atoms with E-state index in [1.165, 1.54) is 0 Å². The van der Waals surface area contributed by atoms with Gasteiger partial charge >= 0.3 is 0 Å². The first-order chi connectivity index (χ1) is 12.0. The molecule has 2 amide bonds. The summed E-state index contributed by atoms with van der Waals surface area (Å²) >= 11 is 0. The third kappa shape index (κ3) is 5.96. The normalized spacial score (nSPS) is 20.3. The van der Waals surface area contributed by atoms with Crippen LogP contribution in [0.15, 0.2) is 0 Å². The maximum atomic E-state index is 12.5. The van der Waals surface area contributed by atoms with Gasteiger partial charge in [-0.1, -0.05) is 13.8 Å². The van der Waals surface area contributed by atoms with Crippen molar-refractivity contribution in [1.82, 2.24) is 15.1 Å². The Bertz CT molecular complexity index is 428. The molecule has 0 saturated carbocycles. The van der Waals surface area contributed by atoms with Gasteiger partial charge in [-0.15, -0.1) is 0 Å². The van der Waals surface area contributed by atoms with E-state index < -0.39 is 0 Å². The lowest BCUT2D eigenvalue weighted by Gasteiger charge is -2.33. The van der Waals surface area contributed by atoms with Gasteiger partial charge in [0.2, 0.25) is 11.8 Å². The molecule has 0 radical (unpaired) electrons. The first kappa shape index (κ1) is 20.2. The van der Waals surface area contributed by atoms with Crippen molar-refractivity contribution < 1.29 is 14.3 Å². The molecule has 0 spiro atoms. The molecule has 0 aromatic carbocycles. The van der Waals surface area contributed by atoms with E-state index in [0.29, 0.717) is 44.7 Å². The lowest BCUT2D eigenvalue weighted by atomic mass is 9.95. The summed E-state index contributed by atoms with van der Waals surface area (Å²) in [5.74, 6) is 0.966. The van der Waals surface area contributed by atoms with E-state index in [1.54, 1.807) is 0 Å². The highest BCUT2D eigenvalue weighted by Crippen LogP contribution is 2.22. The first-order valence-electron chi connectivity index (χ1n) is 9.90. The quantitative estimate of drug-likeness (QED) is 0.718. The van der Waals surface area contributed by atoms with Crippen molar-refractivity contribution in [3.05, 3.63) is 0 Å². The van der Waals surface area contributed by atoms with Crippen LogP contribution in [0.4, 0.5) is 0 Å². The molecule has 1 unspecified atom stereocenters.